The van der Waals surface area contributed by atoms with Crippen molar-refractivity contribution in [1.82, 2.24) is 15.3 Å². The van der Waals surface area contributed by atoms with Crippen LogP contribution in [0.3, 0.4) is 0 Å². The summed E-state index contributed by atoms with van der Waals surface area (Å²) in [6.45, 7) is 6.73. The average Bonchev–Trinajstić information content (AvgIpc) is 2.54. The lowest BCUT2D eigenvalue weighted by Gasteiger charge is -2.34. The summed E-state index contributed by atoms with van der Waals surface area (Å²) in [5.41, 5.74) is 4.65. The van der Waals surface area contributed by atoms with Gasteiger partial charge < -0.3 is 25.8 Å². The van der Waals surface area contributed by atoms with Gasteiger partial charge in [-0.1, -0.05) is 0 Å². The fraction of sp³-hybridized carbons (Fsp3) is 0.529. The summed E-state index contributed by atoms with van der Waals surface area (Å²) in [7, 11) is 0. The molecule has 1 saturated heterocycles. The van der Waals surface area contributed by atoms with Crippen molar-refractivity contribution in [2.75, 3.05) is 18.0 Å². The molecule has 1 aromatic heterocycles. The minimum atomic E-state index is -1.19. The Bertz CT molecular complexity index is 699. The van der Waals surface area contributed by atoms with E-state index in [0.717, 1.165) is 25.6 Å². The summed E-state index contributed by atoms with van der Waals surface area (Å²) in [4.78, 5) is 33.4. The van der Waals surface area contributed by atoms with Gasteiger partial charge in [0.15, 0.2) is 5.82 Å². The maximum Gasteiger partial charge on any atom is 0.407 e. The predicted molar refractivity (Wildman–Crippen MR) is 96.4 cm³/mol. The van der Waals surface area contributed by atoms with Gasteiger partial charge in [-0.15, -0.1) is 0 Å². The van der Waals surface area contributed by atoms with Crippen molar-refractivity contribution in [3.8, 4) is 0 Å². The van der Waals surface area contributed by atoms with E-state index in [2.05, 4.69) is 15.3 Å². The van der Waals surface area contributed by atoms with Gasteiger partial charge >= 0.3 is 12.1 Å². The van der Waals surface area contributed by atoms with Crippen LogP contribution in [0.25, 0.3) is 5.57 Å². The Balaban J connectivity index is 2.08. The van der Waals surface area contributed by atoms with Crippen molar-refractivity contribution >= 4 is 23.5 Å². The summed E-state index contributed by atoms with van der Waals surface area (Å²) >= 11 is 0. The number of anilines is 1. The fourth-order valence-corrected chi connectivity index (χ4v) is 2.67. The predicted octanol–water partition coefficient (Wildman–Crippen LogP) is 1.35. The van der Waals surface area contributed by atoms with E-state index in [1.807, 2.05) is 25.7 Å². The minimum absolute atomic E-state index is 0.0553. The molecule has 142 valence electrons. The molecule has 1 aromatic rings. The lowest BCUT2D eigenvalue weighted by molar-refractivity contribution is -0.130. The highest BCUT2D eigenvalue weighted by Crippen LogP contribution is 2.20. The third-order valence-electron chi connectivity index (χ3n) is 3.75. The highest BCUT2D eigenvalue weighted by molar-refractivity contribution is 6.13. The number of amides is 1. The molecule has 9 nitrogen and oxygen atoms in total. The molecule has 1 unspecified atom stereocenters. The molecule has 4 N–H and O–H groups in total. The minimum Gasteiger partial charge on any atom is -0.477 e. The topological polar surface area (TPSA) is 131 Å². The maximum absolute atomic E-state index is 12.0. The third-order valence-corrected chi connectivity index (χ3v) is 3.75. The summed E-state index contributed by atoms with van der Waals surface area (Å²) in [5, 5.41) is 12.0. The third kappa shape index (κ3) is 5.33. The number of carboxylic acid groups (broad SMARTS) is 1. The fourth-order valence-electron chi connectivity index (χ4n) is 2.67. The molecule has 1 aliphatic heterocycles. The first-order valence-corrected chi connectivity index (χ1v) is 8.42. The quantitative estimate of drug-likeness (QED) is 0.683. The lowest BCUT2D eigenvalue weighted by Crippen LogP contribution is -2.49. The van der Waals surface area contributed by atoms with Gasteiger partial charge in [0.05, 0.1) is 0 Å². The van der Waals surface area contributed by atoms with Crippen molar-refractivity contribution in [3.63, 3.8) is 0 Å². The number of carboxylic acids is 1. The van der Waals surface area contributed by atoms with Gasteiger partial charge in [-0.05, 0) is 39.7 Å². The van der Waals surface area contributed by atoms with E-state index in [-0.39, 0.29) is 17.4 Å². The molecule has 1 atom stereocenters. The smallest absolute Gasteiger partial charge is 0.407 e. The number of ether oxygens (including phenoxy) is 1. The van der Waals surface area contributed by atoms with E-state index < -0.39 is 17.7 Å². The SMILES string of the molecule is CC(C)(C)OC(=O)NC1CCCN(c2ccnc(/C(=C\N)C(=O)O)n2)C1. The lowest BCUT2D eigenvalue weighted by atomic mass is 10.1. The van der Waals surface area contributed by atoms with Crippen LogP contribution in [-0.2, 0) is 9.53 Å². The van der Waals surface area contributed by atoms with Gasteiger partial charge in [-0.25, -0.2) is 19.6 Å². The Morgan fingerprint density at radius 3 is 2.81 bits per heavy atom. The van der Waals surface area contributed by atoms with E-state index in [1.165, 1.54) is 6.20 Å². The van der Waals surface area contributed by atoms with Crippen LogP contribution in [-0.4, -0.2) is 51.9 Å². The Hall–Kier alpha value is -2.84. The monoisotopic (exact) mass is 363 g/mol. The van der Waals surface area contributed by atoms with Crippen LogP contribution in [0.4, 0.5) is 10.6 Å². The number of hydrogen-bond donors (Lipinski definition) is 3. The molecule has 0 spiro atoms. The van der Waals surface area contributed by atoms with Gasteiger partial charge in [-0.2, -0.15) is 0 Å². The number of hydrogen-bond acceptors (Lipinski definition) is 7. The Labute approximate surface area is 152 Å². The van der Waals surface area contributed by atoms with E-state index >= 15 is 0 Å². The van der Waals surface area contributed by atoms with Gasteiger partial charge in [0, 0.05) is 31.5 Å². The summed E-state index contributed by atoms with van der Waals surface area (Å²) in [5.74, 6) is -0.543. The number of carbonyl (C=O) groups is 2. The van der Waals surface area contributed by atoms with Crippen LogP contribution < -0.4 is 16.0 Å². The summed E-state index contributed by atoms with van der Waals surface area (Å²) < 4.78 is 5.29. The summed E-state index contributed by atoms with van der Waals surface area (Å²) in [6.07, 6.45) is 3.71. The second kappa shape index (κ2) is 8.03. The maximum atomic E-state index is 12.0. The number of carbonyl (C=O) groups excluding carboxylic acids is 1. The largest absolute Gasteiger partial charge is 0.477 e. The molecule has 1 amide bonds. The van der Waals surface area contributed by atoms with Crippen molar-refractivity contribution in [1.29, 1.82) is 0 Å². The number of rotatable bonds is 4. The molecule has 0 radical (unpaired) electrons. The van der Waals surface area contributed by atoms with Crippen LogP contribution in [0.1, 0.15) is 39.4 Å². The normalized spacial score (nSPS) is 18.3. The van der Waals surface area contributed by atoms with Gasteiger partial charge in [0.25, 0.3) is 0 Å². The molecule has 1 fully saturated rings. The van der Waals surface area contributed by atoms with Crippen molar-refractivity contribution < 1.29 is 19.4 Å². The zero-order valence-corrected chi connectivity index (χ0v) is 15.2. The molecule has 2 heterocycles. The number of nitrogens with zero attached hydrogens (tertiary/aromatic N) is 3. The number of piperidine rings is 1. The number of nitrogens with one attached hydrogen (secondary N) is 1. The first-order chi connectivity index (χ1) is 12.2. The van der Waals surface area contributed by atoms with Crippen molar-refractivity contribution in [3.05, 3.63) is 24.3 Å². The average molecular weight is 363 g/mol. The molecule has 0 bridgehead atoms. The van der Waals surface area contributed by atoms with E-state index in [4.69, 9.17) is 15.6 Å². The number of alkyl carbamates (subject to hydrolysis) is 1. The Morgan fingerprint density at radius 2 is 2.19 bits per heavy atom. The Morgan fingerprint density at radius 1 is 1.46 bits per heavy atom. The van der Waals surface area contributed by atoms with E-state index in [9.17, 15) is 9.59 Å². The van der Waals surface area contributed by atoms with Crippen molar-refractivity contribution in [2.45, 2.75) is 45.3 Å². The molecule has 0 aromatic carbocycles. The van der Waals surface area contributed by atoms with Crippen LogP contribution in [0.15, 0.2) is 18.5 Å². The zero-order valence-electron chi connectivity index (χ0n) is 15.2. The van der Waals surface area contributed by atoms with Crippen LogP contribution in [0.5, 0.6) is 0 Å². The highest BCUT2D eigenvalue weighted by Gasteiger charge is 2.25. The zero-order chi connectivity index (χ0) is 19.3. The first-order valence-electron chi connectivity index (χ1n) is 8.42. The molecule has 0 aliphatic carbocycles. The second-order valence-electron chi connectivity index (χ2n) is 7.06. The van der Waals surface area contributed by atoms with Gasteiger partial charge in [0.1, 0.15) is 17.0 Å². The van der Waals surface area contributed by atoms with Crippen LogP contribution >= 0.6 is 0 Å². The molecule has 2 rings (SSSR count). The van der Waals surface area contributed by atoms with Crippen LogP contribution in [0, 0.1) is 0 Å². The number of aromatic nitrogens is 2. The number of nitrogens with two attached hydrogens (primary N) is 1. The second-order valence-corrected chi connectivity index (χ2v) is 7.06. The first kappa shape index (κ1) is 19.5. The Kier molecular flexibility index (Phi) is 6.01. The standard InChI is InChI=1S/C17H25N5O4/c1-17(2,3)26-16(25)20-11-5-4-8-22(10-11)13-6-7-19-14(21-13)12(9-18)15(23)24/h6-7,9,11H,4-5,8,10,18H2,1-3H3,(H,20,25)(H,23,24)/b12-9+. The molecule has 1 aliphatic rings. The molecular formula is C17H25N5O4. The van der Waals surface area contributed by atoms with E-state index in [0.29, 0.717) is 12.4 Å². The number of aliphatic carboxylic acids is 1. The molecular weight excluding hydrogens is 338 g/mol. The van der Waals surface area contributed by atoms with Gasteiger partial charge in [0.2, 0.25) is 0 Å². The van der Waals surface area contributed by atoms with Gasteiger partial charge in [-0.3, -0.25) is 0 Å². The summed E-state index contributed by atoms with van der Waals surface area (Å²) in [6, 6.07) is 1.62. The van der Waals surface area contributed by atoms with E-state index in [1.54, 1.807) is 6.07 Å². The highest BCUT2D eigenvalue weighted by atomic mass is 16.6. The van der Waals surface area contributed by atoms with Crippen LogP contribution in [0.2, 0.25) is 0 Å². The van der Waals surface area contributed by atoms with Crippen molar-refractivity contribution in [2.24, 2.45) is 5.73 Å². The molecule has 9 heteroatoms. The molecule has 26 heavy (non-hydrogen) atoms. The molecule has 0 saturated carbocycles.